The van der Waals surface area contributed by atoms with Gasteiger partial charge in [-0.3, -0.25) is 4.79 Å². The number of nitrogens with one attached hydrogen (secondary N) is 1. The smallest absolute Gasteiger partial charge is 0.407 e. The second kappa shape index (κ2) is 3.59. The van der Waals surface area contributed by atoms with Gasteiger partial charge < -0.3 is 5.11 Å². The number of hydrogen-bond acceptors (Lipinski definition) is 3. The quantitative estimate of drug-likeness (QED) is 0.770. The van der Waals surface area contributed by atoms with Crippen LogP contribution in [0.3, 0.4) is 0 Å². The Balaban J connectivity index is 2.87. The highest BCUT2D eigenvalue weighted by atomic mass is 32.2. The van der Waals surface area contributed by atoms with Crippen molar-refractivity contribution in [3.8, 4) is 0 Å². The Labute approximate surface area is 89.7 Å². The molecule has 1 fully saturated rings. The molecule has 0 aromatic rings. The van der Waals surface area contributed by atoms with E-state index < -0.39 is 33.0 Å². The van der Waals surface area contributed by atoms with E-state index in [2.05, 4.69) is 0 Å². The van der Waals surface area contributed by atoms with Crippen molar-refractivity contribution >= 4 is 16.0 Å². The summed E-state index contributed by atoms with van der Waals surface area (Å²) in [5, 5.41) is 6.53. The Hall–Kier alpha value is -0.830. The van der Waals surface area contributed by atoms with Crippen molar-refractivity contribution < 1.29 is 31.5 Å². The maximum absolute atomic E-state index is 12.4. The summed E-state index contributed by atoms with van der Waals surface area (Å²) in [4.78, 5) is 10.4. The molecule has 94 valence electrons. The highest BCUT2D eigenvalue weighted by Crippen LogP contribution is 2.49. The molecule has 1 unspecified atom stereocenters. The first-order valence-electron chi connectivity index (χ1n) is 4.34. The summed E-state index contributed by atoms with van der Waals surface area (Å²) in [7, 11) is -4.51. The van der Waals surface area contributed by atoms with E-state index in [4.69, 9.17) is 5.11 Å². The van der Waals surface area contributed by atoms with Crippen LogP contribution in [0.5, 0.6) is 0 Å². The molecule has 2 N–H and O–H groups in total. The van der Waals surface area contributed by atoms with Gasteiger partial charge in [-0.2, -0.15) is 17.9 Å². The van der Waals surface area contributed by atoms with E-state index in [1.54, 1.807) is 0 Å². The monoisotopic (exact) mass is 261 g/mol. The first-order chi connectivity index (χ1) is 7.02. The first-order valence-corrected chi connectivity index (χ1v) is 5.89. The summed E-state index contributed by atoms with van der Waals surface area (Å²) in [5.41, 5.74) is -2.46. The minimum absolute atomic E-state index is 0.359. The standard InChI is InChI=1S/C7H10F3NO4S/c1-4(5(12)13)16(14,15)11-6(2-3-6)7(8,9)10/h4,11H,2-3H2,1H3,(H,12,13). The van der Waals surface area contributed by atoms with Crippen molar-refractivity contribution in [3.63, 3.8) is 0 Å². The lowest BCUT2D eigenvalue weighted by atomic mass is 10.3. The molecule has 1 saturated carbocycles. The molecular formula is C7H10F3NO4S. The molecule has 16 heavy (non-hydrogen) atoms. The fraction of sp³-hybridized carbons (Fsp3) is 0.857. The molecule has 0 aliphatic heterocycles. The van der Waals surface area contributed by atoms with Crippen LogP contribution >= 0.6 is 0 Å². The lowest BCUT2D eigenvalue weighted by molar-refractivity contribution is -0.161. The van der Waals surface area contributed by atoms with Crippen LogP contribution in [0.1, 0.15) is 19.8 Å². The van der Waals surface area contributed by atoms with Gasteiger partial charge in [-0.05, 0) is 19.8 Å². The van der Waals surface area contributed by atoms with Crippen LogP contribution in [0, 0.1) is 0 Å². The van der Waals surface area contributed by atoms with Crippen molar-refractivity contribution in [2.45, 2.75) is 36.7 Å². The summed E-state index contributed by atoms with van der Waals surface area (Å²) in [5.74, 6) is -1.69. The highest BCUT2D eigenvalue weighted by molar-refractivity contribution is 7.90. The number of carboxylic acids is 1. The van der Waals surface area contributed by atoms with E-state index in [1.165, 1.54) is 4.72 Å². The summed E-state index contributed by atoms with van der Waals surface area (Å²) in [6, 6.07) is 0. The van der Waals surface area contributed by atoms with E-state index in [9.17, 15) is 26.4 Å². The van der Waals surface area contributed by atoms with Crippen molar-refractivity contribution in [1.82, 2.24) is 4.72 Å². The molecule has 5 nitrogen and oxygen atoms in total. The molecule has 1 aliphatic carbocycles. The van der Waals surface area contributed by atoms with Crippen LogP contribution < -0.4 is 4.72 Å². The summed E-state index contributed by atoms with van der Waals surface area (Å²) in [6.07, 6.45) is -5.41. The van der Waals surface area contributed by atoms with Gasteiger partial charge in [0.1, 0.15) is 5.54 Å². The number of halogens is 3. The second-order valence-corrected chi connectivity index (χ2v) is 5.71. The predicted octanol–water partition coefficient (Wildman–Crippen LogP) is 0.474. The number of carbonyl (C=O) groups is 1. The van der Waals surface area contributed by atoms with Crippen molar-refractivity contribution in [3.05, 3.63) is 0 Å². The maximum Gasteiger partial charge on any atom is 0.407 e. The zero-order chi connectivity index (χ0) is 12.8. The Morgan fingerprint density at radius 2 is 1.88 bits per heavy atom. The molecule has 9 heteroatoms. The van der Waals surface area contributed by atoms with Gasteiger partial charge in [-0.25, -0.2) is 8.42 Å². The number of hydrogen-bond donors (Lipinski definition) is 2. The molecule has 0 radical (unpaired) electrons. The average Bonchev–Trinajstić information content (AvgIpc) is 2.81. The normalized spacial score (nSPS) is 21.5. The van der Waals surface area contributed by atoms with Crippen molar-refractivity contribution in [2.75, 3.05) is 0 Å². The first kappa shape index (κ1) is 13.2. The number of aliphatic carboxylic acids is 1. The van der Waals surface area contributed by atoms with E-state index in [0.717, 1.165) is 6.92 Å². The van der Waals surface area contributed by atoms with Crippen molar-refractivity contribution in [2.24, 2.45) is 0 Å². The van der Waals surface area contributed by atoms with Crippen LogP contribution in [0.2, 0.25) is 0 Å². The Morgan fingerprint density at radius 3 is 2.12 bits per heavy atom. The van der Waals surface area contributed by atoms with E-state index >= 15 is 0 Å². The number of alkyl halides is 3. The van der Waals surface area contributed by atoms with Gasteiger partial charge in [0.25, 0.3) is 0 Å². The van der Waals surface area contributed by atoms with E-state index in [1.807, 2.05) is 0 Å². The molecule has 1 rings (SSSR count). The number of carboxylic acid groups (broad SMARTS) is 1. The topological polar surface area (TPSA) is 83.5 Å². The van der Waals surface area contributed by atoms with Crippen LogP contribution in [0.4, 0.5) is 13.2 Å². The number of rotatable bonds is 4. The van der Waals surface area contributed by atoms with E-state index in [-0.39, 0.29) is 12.8 Å². The zero-order valence-corrected chi connectivity index (χ0v) is 9.02. The predicted molar refractivity (Wildman–Crippen MR) is 47.2 cm³/mol. The van der Waals surface area contributed by atoms with Gasteiger partial charge in [0.2, 0.25) is 10.0 Å². The molecule has 0 heterocycles. The average molecular weight is 261 g/mol. The maximum atomic E-state index is 12.4. The largest absolute Gasteiger partial charge is 0.480 e. The number of sulfonamides is 1. The molecule has 0 spiro atoms. The SMILES string of the molecule is CC(C(=O)O)S(=O)(=O)NC1(C(F)(F)F)CC1. The van der Waals surface area contributed by atoms with Crippen LogP contribution in [0.15, 0.2) is 0 Å². The van der Waals surface area contributed by atoms with Crippen molar-refractivity contribution in [1.29, 1.82) is 0 Å². The molecule has 1 atom stereocenters. The van der Waals surface area contributed by atoms with Gasteiger partial charge in [0, 0.05) is 0 Å². The molecule has 0 aromatic heterocycles. The van der Waals surface area contributed by atoms with Crippen LogP contribution in [-0.2, 0) is 14.8 Å². The van der Waals surface area contributed by atoms with Gasteiger partial charge in [0.05, 0.1) is 0 Å². The molecule has 0 aromatic carbocycles. The third-order valence-electron chi connectivity index (χ3n) is 2.44. The Bertz CT molecular complexity index is 398. The molecule has 0 saturated heterocycles. The molecule has 0 amide bonds. The van der Waals surface area contributed by atoms with E-state index in [0.29, 0.717) is 0 Å². The van der Waals surface area contributed by atoms with Gasteiger partial charge in [-0.15, -0.1) is 0 Å². The molecule has 1 aliphatic rings. The Morgan fingerprint density at radius 1 is 1.44 bits per heavy atom. The fourth-order valence-corrected chi connectivity index (χ4v) is 2.37. The summed E-state index contributed by atoms with van der Waals surface area (Å²) >= 11 is 0. The summed E-state index contributed by atoms with van der Waals surface area (Å²) < 4.78 is 61.2. The van der Waals surface area contributed by atoms with Gasteiger partial charge in [-0.1, -0.05) is 0 Å². The van der Waals surface area contributed by atoms with Gasteiger partial charge in [0.15, 0.2) is 5.25 Å². The highest BCUT2D eigenvalue weighted by Gasteiger charge is 2.65. The Kier molecular flexibility index (Phi) is 2.97. The molecule has 0 bridgehead atoms. The van der Waals surface area contributed by atoms with Gasteiger partial charge >= 0.3 is 12.1 Å². The lowest BCUT2D eigenvalue weighted by Crippen LogP contribution is -2.51. The minimum atomic E-state index is -4.70. The summed E-state index contributed by atoms with van der Waals surface area (Å²) in [6.45, 7) is 0.817. The minimum Gasteiger partial charge on any atom is -0.480 e. The second-order valence-electron chi connectivity index (χ2n) is 3.71. The van der Waals surface area contributed by atoms with Crippen LogP contribution in [0.25, 0.3) is 0 Å². The lowest BCUT2D eigenvalue weighted by Gasteiger charge is -2.21. The third-order valence-corrected chi connectivity index (χ3v) is 4.25. The molecular weight excluding hydrogens is 251 g/mol. The zero-order valence-electron chi connectivity index (χ0n) is 8.21. The third kappa shape index (κ3) is 2.29. The fourth-order valence-electron chi connectivity index (χ4n) is 1.06. The van der Waals surface area contributed by atoms with Crippen LogP contribution in [-0.4, -0.2) is 36.5 Å².